The number of hydrogen-bond acceptors (Lipinski definition) is 4. The number of furan rings is 1. The average Bonchev–Trinajstić information content (AvgIpc) is 2.57. The molecule has 0 aliphatic rings. The Labute approximate surface area is 102 Å². The zero-order valence-electron chi connectivity index (χ0n) is 6.87. The number of halogens is 2. The molecule has 2 aromatic rings. The van der Waals surface area contributed by atoms with Gasteiger partial charge in [-0.1, -0.05) is 0 Å². The largest absolute Gasteiger partial charge is 0.446 e. The lowest BCUT2D eigenvalue weighted by atomic mass is 10.4. The molecule has 72 valence electrons. The van der Waals surface area contributed by atoms with Crippen LogP contribution >= 0.6 is 38.5 Å². The van der Waals surface area contributed by atoms with E-state index >= 15 is 0 Å². The van der Waals surface area contributed by atoms with Gasteiger partial charge in [-0.3, -0.25) is 0 Å². The van der Waals surface area contributed by atoms with Gasteiger partial charge in [0.2, 0.25) is 0 Å². The van der Waals surface area contributed by atoms with E-state index in [4.69, 9.17) is 10.2 Å². The molecule has 2 rings (SSSR count). The van der Waals surface area contributed by atoms with E-state index in [1.165, 1.54) is 0 Å². The van der Waals surface area contributed by atoms with Gasteiger partial charge in [0.25, 0.3) is 0 Å². The Morgan fingerprint density at radius 2 is 2.21 bits per heavy atom. The van der Waals surface area contributed by atoms with E-state index in [2.05, 4.69) is 48.5 Å². The zero-order valence-corrected chi connectivity index (χ0v) is 10.6. The van der Waals surface area contributed by atoms with Crippen LogP contribution in [-0.4, -0.2) is 9.97 Å². The Kier molecular flexibility index (Phi) is 2.73. The summed E-state index contributed by atoms with van der Waals surface area (Å²) >= 11 is 5.28. The number of anilines is 1. The molecule has 0 amide bonds. The summed E-state index contributed by atoms with van der Waals surface area (Å²) in [4.78, 5) is 8.21. The van der Waals surface area contributed by atoms with Gasteiger partial charge in [0, 0.05) is 6.20 Å². The second kappa shape index (κ2) is 3.85. The van der Waals surface area contributed by atoms with Crippen LogP contribution in [0.25, 0.3) is 11.6 Å². The third-order valence-electron chi connectivity index (χ3n) is 1.56. The summed E-state index contributed by atoms with van der Waals surface area (Å²) < 4.78 is 6.78. The number of nitrogens with two attached hydrogens (primary N) is 1. The molecule has 0 saturated carbocycles. The molecule has 0 spiro atoms. The summed E-state index contributed by atoms with van der Waals surface area (Å²) in [6.45, 7) is 0. The fourth-order valence-electron chi connectivity index (χ4n) is 0.934. The van der Waals surface area contributed by atoms with E-state index in [9.17, 15) is 0 Å². The predicted octanol–water partition coefficient (Wildman–Crippen LogP) is 2.69. The number of hydrogen-bond donors (Lipinski definition) is 1. The van der Waals surface area contributed by atoms with Crippen LogP contribution in [-0.2, 0) is 0 Å². The first kappa shape index (κ1) is 9.91. The molecular weight excluding hydrogens is 361 g/mol. The van der Waals surface area contributed by atoms with Gasteiger partial charge in [0.15, 0.2) is 16.3 Å². The van der Waals surface area contributed by atoms with Crippen LogP contribution in [0.2, 0.25) is 0 Å². The van der Waals surface area contributed by atoms with Crippen molar-refractivity contribution in [1.29, 1.82) is 0 Å². The topological polar surface area (TPSA) is 64.9 Å². The smallest absolute Gasteiger partial charge is 0.197 e. The van der Waals surface area contributed by atoms with E-state index in [1.54, 1.807) is 18.3 Å². The minimum absolute atomic E-state index is 0.461. The molecule has 6 heteroatoms. The predicted molar refractivity (Wildman–Crippen MR) is 64.6 cm³/mol. The van der Waals surface area contributed by atoms with Gasteiger partial charge in [-0.2, -0.15) is 0 Å². The van der Waals surface area contributed by atoms with Gasteiger partial charge in [-0.05, 0) is 50.7 Å². The van der Waals surface area contributed by atoms with Crippen molar-refractivity contribution in [3.63, 3.8) is 0 Å². The summed E-state index contributed by atoms with van der Waals surface area (Å²) in [6, 6.07) is 3.57. The highest BCUT2D eigenvalue weighted by molar-refractivity contribution is 14.1. The molecule has 4 nitrogen and oxygen atoms in total. The third kappa shape index (κ3) is 1.90. The van der Waals surface area contributed by atoms with Crippen molar-refractivity contribution < 1.29 is 4.42 Å². The van der Waals surface area contributed by atoms with Crippen molar-refractivity contribution in [3.05, 3.63) is 26.6 Å². The van der Waals surface area contributed by atoms with Crippen molar-refractivity contribution in [2.45, 2.75) is 0 Å². The average molecular weight is 366 g/mol. The van der Waals surface area contributed by atoms with E-state index in [-0.39, 0.29) is 0 Å². The van der Waals surface area contributed by atoms with Crippen LogP contribution in [0.15, 0.2) is 27.4 Å². The highest BCUT2D eigenvalue weighted by Gasteiger charge is 2.07. The molecule has 0 fully saturated rings. The maximum atomic E-state index is 5.65. The summed E-state index contributed by atoms with van der Waals surface area (Å²) in [6.07, 6.45) is 1.66. The minimum Gasteiger partial charge on any atom is -0.446 e. The van der Waals surface area contributed by atoms with Gasteiger partial charge < -0.3 is 10.2 Å². The molecule has 0 saturated heterocycles. The molecule has 2 aromatic heterocycles. The van der Waals surface area contributed by atoms with Gasteiger partial charge in [0.1, 0.15) is 5.82 Å². The van der Waals surface area contributed by atoms with Crippen molar-refractivity contribution in [2.24, 2.45) is 0 Å². The molecule has 0 atom stereocenters. The fraction of sp³-hybridized carbons (Fsp3) is 0. The highest BCUT2D eigenvalue weighted by atomic mass is 127. The Balaban J connectivity index is 2.47. The van der Waals surface area contributed by atoms with Gasteiger partial charge in [0.05, 0.1) is 3.57 Å². The normalized spacial score (nSPS) is 10.4. The number of nitrogens with zero attached hydrogens (tertiary/aromatic N) is 2. The van der Waals surface area contributed by atoms with Crippen molar-refractivity contribution in [2.75, 3.05) is 5.73 Å². The molecule has 0 bridgehead atoms. The summed E-state index contributed by atoms with van der Waals surface area (Å²) in [5.74, 6) is 1.55. The molecule has 0 aromatic carbocycles. The number of aromatic nitrogens is 2. The minimum atomic E-state index is 0.461. The lowest BCUT2D eigenvalue weighted by Crippen LogP contribution is -1.97. The summed E-state index contributed by atoms with van der Waals surface area (Å²) in [5.41, 5.74) is 5.65. The fourth-order valence-corrected chi connectivity index (χ4v) is 1.50. The quantitative estimate of drug-likeness (QED) is 0.789. The van der Waals surface area contributed by atoms with Crippen molar-refractivity contribution in [1.82, 2.24) is 9.97 Å². The van der Waals surface area contributed by atoms with Crippen LogP contribution in [0, 0.1) is 3.57 Å². The van der Waals surface area contributed by atoms with Crippen molar-refractivity contribution >= 4 is 44.3 Å². The van der Waals surface area contributed by atoms with Crippen molar-refractivity contribution in [3.8, 4) is 11.6 Å². The lowest BCUT2D eigenvalue weighted by molar-refractivity contribution is 0.551. The van der Waals surface area contributed by atoms with Crippen LogP contribution in [0.3, 0.4) is 0 Å². The Bertz CT molecular complexity index is 471. The Morgan fingerprint density at radius 1 is 1.43 bits per heavy atom. The molecule has 0 unspecified atom stereocenters. The van der Waals surface area contributed by atoms with Crippen LogP contribution in [0.1, 0.15) is 0 Å². The molecule has 0 aliphatic carbocycles. The van der Waals surface area contributed by atoms with E-state index in [1.807, 2.05) is 0 Å². The van der Waals surface area contributed by atoms with Gasteiger partial charge in [-0.15, -0.1) is 0 Å². The zero-order chi connectivity index (χ0) is 10.1. The number of rotatable bonds is 1. The highest BCUT2D eigenvalue weighted by Crippen LogP contribution is 2.23. The molecular formula is C8H5BrIN3O. The van der Waals surface area contributed by atoms with E-state index in [0.29, 0.717) is 22.1 Å². The Morgan fingerprint density at radius 3 is 2.79 bits per heavy atom. The van der Waals surface area contributed by atoms with Crippen LogP contribution < -0.4 is 5.73 Å². The summed E-state index contributed by atoms with van der Waals surface area (Å²) in [7, 11) is 0. The second-order valence-electron chi connectivity index (χ2n) is 2.53. The van der Waals surface area contributed by atoms with Gasteiger partial charge >= 0.3 is 0 Å². The monoisotopic (exact) mass is 365 g/mol. The lowest BCUT2D eigenvalue weighted by Gasteiger charge is -1.98. The van der Waals surface area contributed by atoms with Crippen LogP contribution in [0.5, 0.6) is 0 Å². The first-order valence-corrected chi connectivity index (χ1v) is 5.58. The maximum Gasteiger partial charge on any atom is 0.197 e. The first-order valence-electron chi connectivity index (χ1n) is 3.70. The van der Waals surface area contributed by atoms with E-state index in [0.717, 1.165) is 3.57 Å². The molecule has 0 aliphatic heterocycles. The molecule has 2 N–H and O–H groups in total. The third-order valence-corrected chi connectivity index (χ3v) is 2.82. The maximum absolute atomic E-state index is 5.65. The SMILES string of the molecule is Nc1nc(-c2ccc(Br)o2)ncc1I. The number of nitrogen functional groups attached to an aromatic ring is 1. The molecule has 0 radical (unpaired) electrons. The molecule has 2 heterocycles. The summed E-state index contributed by atoms with van der Waals surface area (Å²) in [5, 5.41) is 0. The van der Waals surface area contributed by atoms with Crippen LogP contribution in [0.4, 0.5) is 5.82 Å². The van der Waals surface area contributed by atoms with Gasteiger partial charge in [-0.25, -0.2) is 9.97 Å². The Hall–Kier alpha value is -0.630. The first-order chi connectivity index (χ1) is 6.66. The second-order valence-corrected chi connectivity index (χ2v) is 4.47. The standard InChI is InChI=1S/C8H5BrIN3O/c9-6-2-1-5(14-6)8-12-3-4(10)7(11)13-8/h1-3H,(H2,11,12,13). The van der Waals surface area contributed by atoms with E-state index < -0.39 is 0 Å². The molecule has 14 heavy (non-hydrogen) atoms.